The first-order valence-corrected chi connectivity index (χ1v) is 3.87. The Morgan fingerprint density at radius 2 is 2.00 bits per heavy atom. The van der Waals surface area contributed by atoms with Crippen molar-refractivity contribution in [2.45, 2.75) is 40.0 Å². The van der Waals surface area contributed by atoms with E-state index in [-0.39, 0.29) is 0 Å². The van der Waals surface area contributed by atoms with Gasteiger partial charge in [-0.3, -0.25) is 0 Å². The second kappa shape index (κ2) is 6.09. The number of hydrogen-bond donors (Lipinski definition) is 1. The molecule has 0 spiro atoms. The zero-order chi connectivity index (χ0) is 7.11. The summed E-state index contributed by atoms with van der Waals surface area (Å²) in [5.74, 6) is 0. The average molecular weight is 128 g/mol. The van der Waals surface area contributed by atoms with Crippen LogP contribution in [0.4, 0.5) is 0 Å². The summed E-state index contributed by atoms with van der Waals surface area (Å²) in [6, 6.07) is 1.43. The first-order valence-electron chi connectivity index (χ1n) is 3.87. The standard InChI is InChI=1S/C8H18N/c1-4-6-7-8(3)9-5-2/h9H,4-7H2,1-3H3. The van der Waals surface area contributed by atoms with E-state index < -0.39 is 0 Å². The molecule has 0 amide bonds. The van der Waals surface area contributed by atoms with E-state index in [9.17, 15) is 0 Å². The minimum atomic E-state index is 1.07. The average Bonchev–Trinajstić information content (AvgIpc) is 1.85. The molecule has 1 radical (unpaired) electrons. The van der Waals surface area contributed by atoms with E-state index in [1.54, 1.807) is 0 Å². The topological polar surface area (TPSA) is 12.0 Å². The van der Waals surface area contributed by atoms with Crippen molar-refractivity contribution in [1.29, 1.82) is 0 Å². The van der Waals surface area contributed by atoms with Crippen LogP contribution < -0.4 is 5.32 Å². The Morgan fingerprint density at radius 1 is 1.33 bits per heavy atom. The van der Waals surface area contributed by atoms with Crippen LogP contribution in [0.15, 0.2) is 0 Å². The van der Waals surface area contributed by atoms with Gasteiger partial charge in [0.1, 0.15) is 0 Å². The smallest absolute Gasteiger partial charge is 0.0332 e. The quantitative estimate of drug-likeness (QED) is 0.599. The summed E-state index contributed by atoms with van der Waals surface area (Å²) in [4.78, 5) is 0. The molecule has 0 aliphatic rings. The van der Waals surface area contributed by atoms with Gasteiger partial charge in [-0.15, -0.1) is 0 Å². The van der Waals surface area contributed by atoms with Crippen LogP contribution in [0.3, 0.4) is 0 Å². The number of unbranched alkanes of at least 4 members (excludes halogenated alkanes) is 1. The zero-order valence-corrected chi connectivity index (χ0v) is 6.83. The van der Waals surface area contributed by atoms with Crippen molar-refractivity contribution >= 4 is 0 Å². The van der Waals surface area contributed by atoms with E-state index in [4.69, 9.17) is 0 Å². The van der Waals surface area contributed by atoms with Crippen molar-refractivity contribution in [3.63, 3.8) is 0 Å². The molecule has 0 aromatic carbocycles. The summed E-state index contributed by atoms with van der Waals surface area (Å²) in [6.07, 6.45) is 3.85. The van der Waals surface area contributed by atoms with Gasteiger partial charge in [0.2, 0.25) is 0 Å². The maximum absolute atomic E-state index is 3.30. The minimum Gasteiger partial charge on any atom is -0.310 e. The number of rotatable bonds is 5. The van der Waals surface area contributed by atoms with Gasteiger partial charge >= 0.3 is 0 Å². The molecule has 9 heavy (non-hydrogen) atoms. The molecule has 0 aromatic heterocycles. The molecule has 0 bridgehead atoms. The van der Waals surface area contributed by atoms with Crippen molar-refractivity contribution in [2.75, 3.05) is 6.54 Å². The van der Waals surface area contributed by atoms with E-state index >= 15 is 0 Å². The van der Waals surface area contributed by atoms with Crippen LogP contribution in [0.5, 0.6) is 0 Å². The van der Waals surface area contributed by atoms with Crippen LogP contribution in [0.25, 0.3) is 0 Å². The highest BCUT2D eigenvalue weighted by atomic mass is 14.9. The molecule has 0 atom stereocenters. The summed E-state index contributed by atoms with van der Waals surface area (Å²) in [6.45, 7) is 7.59. The Kier molecular flexibility index (Phi) is 6.06. The van der Waals surface area contributed by atoms with Crippen LogP contribution in [0.2, 0.25) is 0 Å². The Hall–Kier alpha value is -0.0400. The van der Waals surface area contributed by atoms with E-state index in [1.807, 2.05) is 0 Å². The summed E-state index contributed by atoms with van der Waals surface area (Å²) in [5.41, 5.74) is 0. The monoisotopic (exact) mass is 128 g/mol. The molecule has 1 heteroatoms. The molecule has 0 fully saturated rings. The van der Waals surface area contributed by atoms with Gasteiger partial charge in [0, 0.05) is 6.04 Å². The van der Waals surface area contributed by atoms with Crippen LogP contribution in [0, 0.1) is 6.04 Å². The lowest BCUT2D eigenvalue weighted by molar-refractivity contribution is 0.625. The highest BCUT2D eigenvalue weighted by Gasteiger charge is 1.96. The fraction of sp³-hybridized carbons (Fsp3) is 0.875. The SMILES string of the molecule is CCCC[C](C)NCC. The Balaban J connectivity index is 2.95. The predicted octanol–water partition coefficient (Wildman–Crippen LogP) is 2.34. The van der Waals surface area contributed by atoms with Crippen molar-refractivity contribution in [3.8, 4) is 0 Å². The molecule has 1 N–H and O–H groups in total. The van der Waals surface area contributed by atoms with E-state index in [1.165, 1.54) is 25.3 Å². The Morgan fingerprint density at radius 3 is 2.44 bits per heavy atom. The van der Waals surface area contributed by atoms with Gasteiger partial charge in [0.05, 0.1) is 0 Å². The molecule has 0 saturated heterocycles. The normalized spacial score (nSPS) is 10.7. The van der Waals surface area contributed by atoms with Gasteiger partial charge in [-0.25, -0.2) is 0 Å². The highest BCUT2D eigenvalue weighted by molar-refractivity contribution is 4.78. The van der Waals surface area contributed by atoms with Crippen LogP contribution in [0.1, 0.15) is 40.0 Å². The molecule has 0 aliphatic heterocycles. The lowest BCUT2D eigenvalue weighted by atomic mass is 10.1. The van der Waals surface area contributed by atoms with Gasteiger partial charge in [0.25, 0.3) is 0 Å². The minimum absolute atomic E-state index is 1.07. The zero-order valence-electron chi connectivity index (χ0n) is 6.83. The van der Waals surface area contributed by atoms with Gasteiger partial charge in [-0.1, -0.05) is 26.7 Å². The fourth-order valence-electron chi connectivity index (χ4n) is 0.832. The first kappa shape index (κ1) is 8.96. The molecule has 0 aliphatic carbocycles. The van der Waals surface area contributed by atoms with Crippen molar-refractivity contribution in [2.24, 2.45) is 0 Å². The lowest BCUT2D eigenvalue weighted by Gasteiger charge is -2.08. The predicted molar refractivity (Wildman–Crippen MR) is 42.1 cm³/mol. The highest BCUT2D eigenvalue weighted by Crippen LogP contribution is 2.04. The van der Waals surface area contributed by atoms with Crippen molar-refractivity contribution in [3.05, 3.63) is 6.04 Å². The molecular weight excluding hydrogens is 110 g/mol. The third kappa shape index (κ3) is 5.84. The lowest BCUT2D eigenvalue weighted by Crippen LogP contribution is -2.17. The largest absolute Gasteiger partial charge is 0.310 e. The molecule has 0 saturated carbocycles. The molecule has 0 rings (SSSR count). The molecule has 0 heterocycles. The molecule has 0 aromatic rings. The second-order valence-electron chi connectivity index (χ2n) is 2.41. The summed E-state index contributed by atoms with van der Waals surface area (Å²) < 4.78 is 0. The van der Waals surface area contributed by atoms with Gasteiger partial charge in [-0.05, 0) is 19.9 Å². The van der Waals surface area contributed by atoms with Crippen LogP contribution >= 0.6 is 0 Å². The second-order valence-corrected chi connectivity index (χ2v) is 2.41. The third-order valence-corrected chi connectivity index (χ3v) is 1.38. The van der Waals surface area contributed by atoms with Gasteiger partial charge in [-0.2, -0.15) is 0 Å². The van der Waals surface area contributed by atoms with Crippen LogP contribution in [-0.4, -0.2) is 6.54 Å². The number of hydrogen-bond acceptors (Lipinski definition) is 1. The van der Waals surface area contributed by atoms with Gasteiger partial charge < -0.3 is 5.32 Å². The third-order valence-electron chi connectivity index (χ3n) is 1.38. The van der Waals surface area contributed by atoms with Gasteiger partial charge in [0.15, 0.2) is 0 Å². The summed E-state index contributed by atoms with van der Waals surface area (Å²) in [5, 5.41) is 3.30. The van der Waals surface area contributed by atoms with Crippen molar-refractivity contribution < 1.29 is 0 Å². The summed E-state index contributed by atoms with van der Waals surface area (Å²) >= 11 is 0. The number of nitrogens with one attached hydrogen (secondary N) is 1. The van der Waals surface area contributed by atoms with E-state index in [0.717, 1.165) is 6.54 Å². The molecule has 55 valence electrons. The van der Waals surface area contributed by atoms with Crippen LogP contribution in [-0.2, 0) is 0 Å². The van der Waals surface area contributed by atoms with E-state index in [2.05, 4.69) is 26.1 Å². The molecular formula is C8H18N. The maximum atomic E-state index is 3.30. The first-order chi connectivity index (χ1) is 4.31. The fourth-order valence-corrected chi connectivity index (χ4v) is 0.832. The van der Waals surface area contributed by atoms with E-state index in [0.29, 0.717) is 0 Å². The Labute approximate surface area is 58.8 Å². The maximum Gasteiger partial charge on any atom is 0.0332 e. The summed E-state index contributed by atoms with van der Waals surface area (Å²) in [7, 11) is 0. The molecule has 0 unspecified atom stereocenters. The van der Waals surface area contributed by atoms with Crippen molar-refractivity contribution in [1.82, 2.24) is 5.32 Å². The molecule has 1 nitrogen and oxygen atoms in total. The Bertz CT molecular complexity index is 52.5.